The van der Waals surface area contributed by atoms with Gasteiger partial charge in [-0.05, 0) is 52.9 Å². The summed E-state index contributed by atoms with van der Waals surface area (Å²) in [6, 6.07) is 28.3. The monoisotopic (exact) mass is 656 g/mol. The number of hydrazine groups is 1. The molecule has 0 spiro atoms. The van der Waals surface area contributed by atoms with Gasteiger partial charge in [0.15, 0.2) is 0 Å². The van der Waals surface area contributed by atoms with Gasteiger partial charge in [-0.3, -0.25) is 29.2 Å². The molecule has 47 heavy (non-hydrogen) atoms. The Morgan fingerprint density at radius 3 is 2.30 bits per heavy atom. The molecule has 2 saturated heterocycles. The van der Waals surface area contributed by atoms with Crippen LogP contribution in [0.5, 0.6) is 5.75 Å². The minimum atomic E-state index is -4.75. The second-order valence-corrected chi connectivity index (χ2v) is 13.2. The Morgan fingerprint density at radius 1 is 0.894 bits per heavy atom. The topological polar surface area (TPSA) is 131 Å². The lowest BCUT2D eigenvalue weighted by molar-refractivity contribution is -0.210. The second-order valence-electron chi connectivity index (χ2n) is 12.0. The summed E-state index contributed by atoms with van der Waals surface area (Å²) in [5.41, 5.74) is 2.64. The molecule has 2 aliphatic heterocycles. The molecule has 244 valence electrons. The minimum absolute atomic E-state index is 0.0213. The van der Waals surface area contributed by atoms with E-state index in [1.54, 1.807) is 39.0 Å². The van der Waals surface area contributed by atoms with Crippen molar-refractivity contribution in [2.45, 2.75) is 51.0 Å². The zero-order chi connectivity index (χ0) is 33.3. The number of phosphoric ester groups is 1. The lowest BCUT2D eigenvalue weighted by atomic mass is 9.94. The summed E-state index contributed by atoms with van der Waals surface area (Å²) in [6.45, 7) is 2.10. The number of rotatable bonds is 9. The van der Waals surface area contributed by atoms with Crippen molar-refractivity contribution in [2.75, 3.05) is 13.6 Å². The molecule has 0 bridgehead atoms. The maximum absolute atomic E-state index is 14.5. The molecule has 0 aromatic heterocycles. The predicted molar refractivity (Wildman–Crippen MR) is 175 cm³/mol. The number of benzene rings is 4. The van der Waals surface area contributed by atoms with Crippen molar-refractivity contribution in [3.63, 3.8) is 0 Å². The van der Waals surface area contributed by atoms with Gasteiger partial charge >= 0.3 is 7.82 Å². The number of fused-ring (bicyclic) bond motifs is 2. The van der Waals surface area contributed by atoms with Crippen LogP contribution in [0.25, 0.3) is 10.8 Å². The van der Waals surface area contributed by atoms with Crippen molar-refractivity contribution in [1.29, 1.82) is 0 Å². The van der Waals surface area contributed by atoms with Gasteiger partial charge in [-0.25, -0.2) is 9.57 Å². The van der Waals surface area contributed by atoms with Gasteiger partial charge in [0.05, 0.1) is 12.6 Å². The number of carbonyl (C=O) groups excluding carboxylic acids is 3. The van der Waals surface area contributed by atoms with Gasteiger partial charge < -0.3 is 14.3 Å². The molecule has 12 heteroatoms. The smallest absolute Gasteiger partial charge is 0.404 e. The predicted octanol–water partition coefficient (Wildman–Crippen LogP) is 4.13. The van der Waals surface area contributed by atoms with Crippen LogP contribution in [-0.2, 0) is 38.3 Å². The molecule has 4 aromatic carbocycles. The molecule has 6 rings (SSSR count). The van der Waals surface area contributed by atoms with Crippen molar-refractivity contribution in [2.24, 2.45) is 0 Å². The van der Waals surface area contributed by atoms with E-state index in [1.165, 1.54) is 12.1 Å². The summed E-state index contributed by atoms with van der Waals surface area (Å²) in [4.78, 5) is 64.0. The van der Waals surface area contributed by atoms with Crippen molar-refractivity contribution >= 4 is 36.3 Å². The Morgan fingerprint density at radius 2 is 1.57 bits per heavy atom. The summed E-state index contributed by atoms with van der Waals surface area (Å²) in [6.07, 6.45) is 0.137. The summed E-state index contributed by atoms with van der Waals surface area (Å²) >= 11 is 0. The van der Waals surface area contributed by atoms with Crippen molar-refractivity contribution in [1.82, 2.24) is 19.8 Å². The van der Waals surface area contributed by atoms with Crippen molar-refractivity contribution < 1.29 is 33.3 Å². The zero-order valence-electron chi connectivity index (χ0n) is 26.2. The van der Waals surface area contributed by atoms with Crippen LogP contribution < -0.4 is 4.52 Å². The van der Waals surface area contributed by atoms with E-state index in [0.717, 1.165) is 21.9 Å². The average molecular weight is 657 g/mol. The number of nitrogens with zero attached hydrogens (tertiary/aromatic N) is 4. The summed E-state index contributed by atoms with van der Waals surface area (Å²) in [5.74, 6) is -0.678. The van der Waals surface area contributed by atoms with E-state index >= 15 is 0 Å². The Kier molecular flexibility index (Phi) is 9.16. The lowest BCUT2D eigenvalue weighted by Crippen LogP contribution is -2.78. The molecule has 11 nitrogen and oxygen atoms in total. The molecule has 2 fully saturated rings. The first-order valence-corrected chi connectivity index (χ1v) is 17.0. The number of likely N-dealkylation sites (N-methyl/N-ethyl adjacent to an activating group) is 1. The zero-order valence-corrected chi connectivity index (χ0v) is 27.1. The van der Waals surface area contributed by atoms with Crippen molar-refractivity contribution in [3.8, 4) is 5.75 Å². The highest BCUT2D eigenvalue weighted by Gasteiger charge is 2.53. The Balaban J connectivity index is 1.36. The van der Waals surface area contributed by atoms with Crippen LogP contribution in [0.15, 0.2) is 97.1 Å². The molecule has 3 unspecified atom stereocenters. The number of piperazine rings is 1. The first-order valence-electron chi connectivity index (χ1n) is 15.5. The summed E-state index contributed by atoms with van der Waals surface area (Å²) in [7, 11) is -3.02. The van der Waals surface area contributed by atoms with Gasteiger partial charge in [-0.2, -0.15) is 0 Å². The first-order chi connectivity index (χ1) is 22.5. The Labute approximate surface area is 273 Å². The first kappa shape index (κ1) is 32.4. The molecular formula is C35H37N4O7P. The molecule has 2 aliphatic rings. The highest BCUT2D eigenvalue weighted by atomic mass is 31.2. The van der Waals surface area contributed by atoms with E-state index in [-0.39, 0.29) is 49.4 Å². The molecule has 2 N–H and O–H groups in total. The second kappa shape index (κ2) is 13.3. The maximum Gasteiger partial charge on any atom is 0.524 e. The average Bonchev–Trinajstić information content (AvgIpc) is 3.04. The fraction of sp³-hybridized carbons (Fsp3) is 0.286. The van der Waals surface area contributed by atoms with Crippen LogP contribution >= 0.6 is 7.82 Å². The van der Waals surface area contributed by atoms with E-state index < -0.39 is 26.1 Å². The van der Waals surface area contributed by atoms with Crippen LogP contribution in [0, 0.1) is 0 Å². The quantitative estimate of drug-likeness (QED) is 0.257. The lowest BCUT2D eigenvalue weighted by Gasteiger charge is -2.57. The van der Waals surface area contributed by atoms with Crippen LogP contribution in [-0.4, -0.2) is 79.2 Å². The van der Waals surface area contributed by atoms with Gasteiger partial charge in [0.1, 0.15) is 18.0 Å². The summed E-state index contributed by atoms with van der Waals surface area (Å²) in [5, 5.41) is 5.36. The van der Waals surface area contributed by atoms with Crippen LogP contribution in [0.4, 0.5) is 0 Å². The summed E-state index contributed by atoms with van der Waals surface area (Å²) < 4.78 is 16.0. The number of aryl methyl sites for hydroxylation is 1. The highest BCUT2D eigenvalue weighted by Crippen LogP contribution is 2.38. The van der Waals surface area contributed by atoms with E-state index in [4.69, 9.17) is 0 Å². The highest BCUT2D eigenvalue weighted by molar-refractivity contribution is 7.46. The fourth-order valence-electron chi connectivity index (χ4n) is 6.70. The minimum Gasteiger partial charge on any atom is -0.404 e. The SMILES string of the molecule is CC1C2N(C(=O)CN(C)N2C(=O)CCc2ccccc2)C(Cc2ccc(OP(=O)(O)O)cc2)C(=O)N1Cc1cccc2ccccc12. The number of carbonyl (C=O) groups is 3. The number of hydrogen-bond donors (Lipinski definition) is 2. The van der Waals surface area contributed by atoms with Crippen LogP contribution in [0.1, 0.15) is 30.0 Å². The standard InChI is InChI=1S/C35H37N4O7P/c1-24-34-38(33(41)23-36(2)39(34)32(40)20-17-25-9-4-3-5-10-25)31(21-26-15-18-29(19-16-26)46-47(43,44)45)35(42)37(24)22-28-13-8-12-27-11-6-7-14-30(27)28/h3-16,18-19,24,31,34H,17,20-23H2,1-2H3,(H2,43,44,45). The van der Waals surface area contributed by atoms with Crippen LogP contribution in [0.3, 0.4) is 0 Å². The number of amides is 3. The molecule has 0 aliphatic carbocycles. The third-order valence-electron chi connectivity index (χ3n) is 8.91. The molecule has 4 aromatic rings. The van der Waals surface area contributed by atoms with E-state index in [1.807, 2.05) is 79.7 Å². The fourth-order valence-corrected chi connectivity index (χ4v) is 7.10. The van der Waals surface area contributed by atoms with Gasteiger partial charge in [-0.15, -0.1) is 0 Å². The third-order valence-corrected chi connectivity index (χ3v) is 9.35. The number of phosphoric acid groups is 1. The number of hydrogen-bond acceptors (Lipinski definition) is 6. The van der Waals surface area contributed by atoms with Gasteiger partial charge in [-0.1, -0.05) is 84.9 Å². The Hall–Kier alpha value is -4.54. The van der Waals surface area contributed by atoms with Gasteiger partial charge in [0, 0.05) is 26.4 Å². The van der Waals surface area contributed by atoms with Gasteiger partial charge in [0.2, 0.25) is 17.7 Å². The van der Waals surface area contributed by atoms with E-state index in [2.05, 4.69) is 4.52 Å². The molecule has 3 amide bonds. The third kappa shape index (κ3) is 6.94. The Bertz CT molecular complexity index is 1830. The van der Waals surface area contributed by atoms with Crippen LogP contribution in [0.2, 0.25) is 0 Å². The maximum atomic E-state index is 14.5. The molecule has 2 heterocycles. The molecule has 3 atom stereocenters. The normalized spacial score (nSPS) is 20.4. The van der Waals surface area contributed by atoms with Crippen molar-refractivity contribution in [3.05, 3.63) is 114 Å². The molecule has 0 radical (unpaired) electrons. The van der Waals surface area contributed by atoms with E-state index in [9.17, 15) is 28.7 Å². The molecule has 0 saturated carbocycles. The largest absolute Gasteiger partial charge is 0.524 e. The van der Waals surface area contributed by atoms with Gasteiger partial charge in [0.25, 0.3) is 0 Å². The molecular weight excluding hydrogens is 619 g/mol. The van der Waals surface area contributed by atoms with E-state index in [0.29, 0.717) is 12.0 Å².